The van der Waals surface area contributed by atoms with Gasteiger partial charge in [0.05, 0.1) is 5.39 Å². The van der Waals surface area contributed by atoms with Crippen LogP contribution in [0.25, 0.3) is 10.2 Å². The Morgan fingerprint density at radius 3 is 2.92 bits per heavy atom. The fraction of sp³-hybridized carbons (Fsp3) is 0.611. The van der Waals surface area contributed by atoms with Gasteiger partial charge >= 0.3 is 0 Å². The van der Waals surface area contributed by atoms with E-state index in [2.05, 4.69) is 16.9 Å². The zero-order valence-electron chi connectivity index (χ0n) is 15.5. The second-order valence-corrected chi connectivity index (χ2v) is 8.22. The van der Waals surface area contributed by atoms with Crippen molar-refractivity contribution >= 4 is 39.9 Å². The van der Waals surface area contributed by atoms with E-state index in [0.717, 1.165) is 29.5 Å². The molecule has 0 spiro atoms. The quantitative estimate of drug-likeness (QED) is 0.808. The lowest BCUT2D eigenvalue weighted by molar-refractivity contribution is -0.131. The monoisotopic (exact) mass is 398 g/mol. The number of likely N-dealkylation sites (N-methyl/N-ethyl adjacent to an activating group) is 1. The van der Waals surface area contributed by atoms with Gasteiger partial charge in [0.25, 0.3) is 5.56 Å². The molecule has 0 bridgehead atoms. The van der Waals surface area contributed by atoms with E-state index in [9.17, 15) is 9.59 Å². The van der Waals surface area contributed by atoms with Gasteiger partial charge in [0, 0.05) is 37.4 Å². The number of thiophene rings is 1. The predicted molar refractivity (Wildman–Crippen MR) is 108 cm³/mol. The van der Waals surface area contributed by atoms with Crippen LogP contribution in [0, 0.1) is 5.92 Å². The van der Waals surface area contributed by atoms with Crippen LogP contribution in [0.2, 0.25) is 0 Å². The maximum atomic E-state index is 12.5. The summed E-state index contributed by atoms with van der Waals surface area (Å²) in [6.45, 7) is 4.60. The zero-order chi connectivity index (χ0) is 18.1. The SMILES string of the molecule is CC1CCc2c(sc3nc(CCC(=O)N(C)C(C)CN)[nH]c(=O)c23)C1.Cl. The Morgan fingerprint density at radius 1 is 1.50 bits per heavy atom. The van der Waals surface area contributed by atoms with Gasteiger partial charge in [-0.25, -0.2) is 4.98 Å². The molecular weight excluding hydrogens is 372 g/mol. The zero-order valence-corrected chi connectivity index (χ0v) is 17.1. The Morgan fingerprint density at radius 2 is 2.23 bits per heavy atom. The standard InChI is InChI=1S/C18H26N4O2S.ClH/c1-10-4-5-12-13(8-10)25-18-16(12)17(24)20-14(21-18)6-7-15(23)22(3)11(2)9-19;/h10-11H,4-9,19H2,1-3H3,(H,20,21,24);1H. The van der Waals surface area contributed by atoms with Crippen molar-refractivity contribution in [3.05, 3.63) is 26.6 Å². The summed E-state index contributed by atoms with van der Waals surface area (Å²) in [6.07, 6.45) is 3.87. The first-order valence-electron chi connectivity index (χ1n) is 8.89. The molecule has 3 N–H and O–H groups in total. The topological polar surface area (TPSA) is 92.1 Å². The Bertz CT molecular complexity index is 848. The molecule has 8 heteroatoms. The minimum absolute atomic E-state index is 0. The number of rotatable bonds is 5. The summed E-state index contributed by atoms with van der Waals surface area (Å²) in [5.41, 5.74) is 6.72. The van der Waals surface area contributed by atoms with Gasteiger partial charge in [0.15, 0.2) is 0 Å². The van der Waals surface area contributed by atoms with E-state index >= 15 is 0 Å². The van der Waals surface area contributed by atoms with Crippen molar-refractivity contribution in [3.63, 3.8) is 0 Å². The number of carbonyl (C=O) groups excluding carboxylic acids is 1. The highest BCUT2D eigenvalue weighted by molar-refractivity contribution is 7.18. The van der Waals surface area contributed by atoms with Crippen LogP contribution in [0.3, 0.4) is 0 Å². The van der Waals surface area contributed by atoms with Gasteiger partial charge in [-0.1, -0.05) is 6.92 Å². The predicted octanol–water partition coefficient (Wildman–Crippen LogP) is 2.27. The van der Waals surface area contributed by atoms with Gasteiger partial charge in [-0.15, -0.1) is 23.7 Å². The Kier molecular flexibility index (Phi) is 6.82. The van der Waals surface area contributed by atoms with Crippen LogP contribution in [0.15, 0.2) is 4.79 Å². The van der Waals surface area contributed by atoms with Crippen LogP contribution in [0.5, 0.6) is 0 Å². The molecule has 1 amide bonds. The summed E-state index contributed by atoms with van der Waals surface area (Å²) in [6, 6.07) is 0.00741. The van der Waals surface area contributed by atoms with E-state index in [1.165, 1.54) is 10.4 Å². The van der Waals surface area contributed by atoms with Crippen LogP contribution < -0.4 is 11.3 Å². The molecule has 2 unspecified atom stereocenters. The van der Waals surface area contributed by atoms with Crippen LogP contribution in [0.4, 0.5) is 0 Å². The molecule has 1 aliphatic rings. The van der Waals surface area contributed by atoms with E-state index in [-0.39, 0.29) is 29.9 Å². The molecule has 0 aliphatic heterocycles. The number of carbonyl (C=O) groups is 1. The highest BCUT2D eigenvalue weighted by Gasteiger charge is 2.23. The largest absolute Gasteiger partial charge is 0.342 e. The van der Waals surface area contributed by atoms with Crippen LogP contribution in [0.1, 0.15) is 43.0 Å². The number of nitrogens with one attached hydrogen (secondary N) is 1. The summed E-state index contributed by atoms with van der Waals surface area (Å²) in [5.74, 6) is 1.27. The summed E-state index contributed by atoms with van der Waals surface area (Å²) in [7, 11) is 1.76. The Labute approximate surface area is 163 Å². The number of hydrogen-bond donors (Lipinski definition) is 2. The van der Waals surface area contributed by atoms with Gasteiger partial charge in [-0.2, -0.15) is 0 Å². The molecule has 6 nitrogen and oxygen atoms in total. The first-order valence-corrected chi connectivity index (χ1v) is 9.71. The third-order valence-corrected chi connectivity index (χ3v) is 6.33. The lowest BCUT2D eigenvalue weighted by atomic mass is 9.89. The maximum absolute atomic E-state index is 12.5. The summed E-state index contributed by atoms with van der Waals surface area (Å²) >= 11 is 1.64. The van der Waals surface area contributed by atoms with Crippen molar-refractivity contribution in [2.45, 2.75) is 52.0 Å². The van der Waals surface area contributed by atoms with Crippen LogP contribution in [-0.4, -0.2) is 40.4 Å². The molecule has 0 fully saturated rings. The van der Waals surface area contributed by atoms with Gasteiger partial charge in [0.2, 0.25) is 5.91 Å². The average molecular weight is 399 g/mol. The highest BCUT2D eigenvalue weighted by Crippen LogP contribution is 2.35. The van der Waals surface area contributed by atoms with Crippen molar-refractivity contribution in [1.82, 2.24) is 14.9 Å². The first kappa shape index (κ1) is 20.9. The molecular formula is C18H27ClN4O2S. The number of nitrogens with two attached hydrogens (primary N) is 1. The Balaban J connectivity index is 0.00000243. The third-order valence-electron chi connectivity index (χ3n) is 5.19. The molecule has 2 aromatic rings. The van der Waals surface area contributed by atoms with Crippen LogP contribution in [-0.2, 0) is 24.1 Å². The molecule has 2 heterocycles. The number of halogens is 1. The summed E-state index contributed by atoms with van der Waals surface area (Å²) < 4.78 is 0. The lowest BCUT2D eigenvalue weighted by Gasteiger charge is -2.23. The van der Waals surface area contributed by atoms with Gasteiger partial charge in [0.1, 0.15) is 10.7 Å². The van der Waals surface area contributed by atoms with Crippen molar-refractivity contribution < 1.29 is 4.79 Å². The fourth-order valence-corrected chi connectivity index (χ4v) is 4.72. The highest BCUT2D eigenvalue weighted by atomic mass is 35.5. The minimum atomic E-state index is -0.0665. The number of aryl methyl sites for hydroxylation is 2. The number of hydrogen-bond acceptors (Lipinski definition) is 5. The molecule has 26 heavy (non-hydrogen) atoms. The smallest absolute Gasteiger partial charge is 0.259 e. The average Bonchev–Trinajstić information content (AvgIpc) is 2.95. The molecule has 2 atom stereocenters. The number of amides is 1. The number of aromatic nitrogens is 2. The molecule has 1 aliphatic carbocycles. The van der Waals surface area contributed by atoms with Gasteiger partial charge in [-0.3, -0.25) is 9.59 Å². The lowest BCUT2D eigenvalue weighted by Crippen LogP contribution is -2.39. The fourth-order valence-electron chi connectivity index (χ4n) is 3.32. The van der Waals surface area contributed by atoms with E-state index in [1.54, 1.807) is 23.3 Å². The van der Waals surface area contributed by atoms with Crippen LogP contribution >= 0.6 is 23.7 Å². The summed E-state index contributed by atoms with van der Waals surface area (Å²) in [4.78, 5) is 36.0. The van der Waals surface area contributed by atoms with Gasteiger partial charge < -0.3 is 15.6 Å². The summed E-state index contributed by atoms with van der Waals surface area (Å²) in [5, 5.41) is 0.760. The maximum Gasteiger partial charge on any atom is 0.259 e. The molecule has 144 valence electrons. The van der Waals surface area contributed by atoms with Crippen molar-refractivity contribution in [2.75, 3.05) is 13.6 Å². The number of aromatic amines is 1. The number of fused-ring (bicyclic) bond motifs is 3. The second kappa shape index (κ2) is 8.50. The van der Waals surface area contributed by atoms with Gasteiger partial charge in [-0.05, 0) is 37.7 Å². The minimum Gasteiger partial charge on any atom is -0.342 e. The van der Waals surface area contributed by atoms with E-state index in [1.807, 2.05) is 6.92 Å². The van der Waals surface area contributed by atoms with Crippen molar-refractivity contribution in [2.24, 2.45) is 11.7 Å². The number of nitrogens with zero attached hydrogens (tertiary/aromatic N) is 2. The van der Waals surface area contributed by atoms with E-state index in [0.29, 0.717) is 31.1 Å². The normalized spacial score (nSPS) is 17.5. The molecule has 0 aromatic carbocycles. The van der Waals surface area contributed by atoms with Crippen molar-refractivity contribution in [1.29, 1.82) is 0 Å². The van der Waals surface area contributed by atoms with E-state index < -0.39 is 0 Å². The van der Waals surface area contributed by atoms with E-state index in [4.69, 9.17) is 5.73 Å². The second-order valence-electron chi connectivity index (χ2n) is 7.13. The van der Waals surface area contributed by atoms with Crippen molar-refractivity contribution in [3.8, 4) is 0 Å². The first-order chi connectivity index (χ1) is 11.9. The molecule has 2 aromatic heterocycles. The molecule has 0 saturated heterocycles. The number of H-pyrrole nitrogens is 1. The molecule has 3 rings (SSSR count). The molecule has 0 radical (unpaired) electrons. The Hall–Kier alpha value is -1.44. The third kappa shape index (κ3) is 4.10. The molecule has 0 saturated carbocycles.